The molecule has 230 valence electrons. The molecule has 3 N–H and O–H groups in total. The van der Waals surface area contributed by atoms with Crippen LogP contribution in [0.3, 0.4) is 0 Å². The van der Waals surface area contributed by atoms with Crippen LogP contribution in [0.1, 0.15) is 61.6 Å². The lowest BCUT2D eigenvalue weighted by atomic mass is 9.89. The van der Waals surface area contributed by atoms with Gasteiger partial charge >= 0.3 is 18.1 Å². The van der Waals surface area contributed by atoms with Gasteiger partial charge in [-0.15, -0.1) is 0 Å². The van der Waals surface area contributed by atoms with Gasteiger partial charge in [0.25, 0.3) is 5.91 Å². The number of primary amides is 1. The number of carbonyl (C=O) groups is 2. The molecule has 3 amide bonds. The number of amides is 3. The van der Waals surface area contributed by atoms with E-state index in [0.717, 1.165) is 16.7 Å². The van der Waals surface area contributed by atoms with Crippen LogP contribution in [-0.2, 0) is 21.2 Å². The van der Waals surface area contributed by atoms with Crippen LogP contribution in [0.2, 0.25) is 0 Å². The summed E-state index contributed by atoms with van der Waals surface area (Å²) >= 11 is 0. The fraction of sp³-hybridized carbons (Fsp3) is 0.654. The number of nitrogens with zero attached hydrogens (tertiary/aromatic N) is 3. The summed E-state index contributed by atoms with van der Waals surface area (Å²) in [5.74, 6) is -4.89. The monoisotopic (exact) mass is 609 g/mol. The van der Waals surface area contributed by atoms with Crippen molar-refractivity contribution in [1.29, 1.82) is 0 Å². The minimum Gasteiger partial charge on any atom is -0.351 e. The van der Waals surface area contributed by atoms with Gasteiger partial charge in [0.15, 0.2) is 0 Å². The molecule has 3 rings (SSSR count). The lowest BCUT2D eigenvalue weighted by Crippen LogP contribution is -2.50. The van der Waals surface area contributed by atoms with Crippen LogP contribution in [0, 0.1) is 13.8 Å². The average Bonchev–Trinajstić information content (AvgIpc) is 3.16. The first kappa shape index (κ1) is 32.7. The second-order valence-electron chi connectivity index (χ2n) is 10.7. The quantitative estimate of drug-likeness (QED) is 0.288. The van der Waals surface area contributed by atoms with Gasteiger partial charge < -0.3 is 11.1 Å². The summed E-state index contributed by atoms with van der Waals surface area (Å²) in [6.07, 6.45) is -5.96. The number of alkyl halides is 5. The van der Waals surface area contributed by atoms with Crippen LogP contribution in [0.5, 0.6) is 0 Å². The second-order valence-corrected chi connectivity index (χ2v) is 12.8. The Kier molecular flexibility index (Phi) is 9.73. The Morgan fingerprint density at radius 3 is 2.20 bits per heavy atom. The number of anilines is 1. The molecule has 2 aliphatic rings. The molecule has 1 fully saturated rings. The third-order valence-corrected chi connectivity index (χ3v) is 9.67. The largest absolute Gasteiger partial charge is 0.453 e. The van der Waals surface area contributed by atoms with E-state index in [1.165, 1.54) is 9.21 Å². The number of aliphatic imine (C=N–C) groups is 1. The van der Waals surface area contributed by atoms with Crippen molar-refractivity contribution in [2.24, 2.45) is 10.7 Å². The van der Waals surface area contributed by atoms with Gasteiger partial charge in [0.05, 0.1) is 5.75 Å². The number of aryl methyl sites for hydroxylation is 2. The molecule has 0 bridgehead atoms. The molecular weight excluding hydrogens is 573 g/mol. The number of nitrogens with two attached hydrogens (primary N) is 1. The summed E-state index contributed by atoms with van der Waals surface area (Å²) in [6.45, 7) is 3.87. The Balaban J connectivity index is 1.53. The summed E-state index contributed by atoms with van der Waals surface area (Å²) in [6, 6.07) is 2.94. The van der Waals surface area contributed by atoms with E-state index in [9.17, 15) is 40.0 Å². The van der Waals surface area contributed by atoms with E-state index in [4.69, 9.17) is 5.73 Å². The summed E-state index contributed by atoms with van der Waals surface area (Å²) in [5.41, 5.74) is 7.36. The number of unbranched alkanes of at least 4 members (excludes halogenated alkanes) is 2. The summed E-state index contributed by atoms with van der Waals surface area (Å²) in [4.78, 5) is 30.0. The van der Waals surface area contributed by atoms with Crippen molar-refractivity contribution in [3.05, 3.63) is 28.8 Å². The lowest BCUT2D eigenvalue weighted by Gasteiger charge is -2.34. The van der Waals surface area contributed by atoms with Crippen molar-refractivity contribution < 1.29 is 40.0 Å². The van der Waals surface area contributed by atoms with Crippen molar-refractivity contribution in [3.63, 3.8) is 0 Å². The molecule has 0 aromatic heterocycles. The molecule has 0 atom stereocenters. The number of hydrogen-bond donors (Lipinski definition) is 2. The highest BCUT2D eigenvalue weighted by Gasteiger charge is 2.56. The van der Waals surface area contributed by atoms with Crippen LogP contribution < -0.4 is 16.0 Å². The van der Waals surface area contributed by atoms with E-state index in [0.29, 0.717) is 11.5 Å². The maximum atomic E-state index is 13.1. The fourth-order valence-corrected chi connectivity index (χ4v) is 6.64. The van der Waals surface area contributed by atoms with Gasteiger partial charge in [-0.2, -0.15) is 22.0 Å². The smallest absolute Gasteiger partial charge is 0.351 e. The van der Waals surface area contributed by atoms with E-state index in [2.05, 4.69) is 10.3 Å². The van der Waals surface area contributed by atoms with Gasteiger partial charge in [0, 0.05) is 38.7 Å². The van der Waals surface area contributed by atoms with Gasteiger partial charge in [0.2, 0.25) is 10.0 Å². The van der Waals surface area contributed by atoms with Gasteiger partial charge in [-0.05, 0) is 74.8 Å². The molecule has 1 spiro atoms. The van der Waals surface area contributed by atoms with Crippen molar-refractivity contribution in [1.82, 2.24) is 9.62 Å². The summed E-state index contributed by atoms with van der Waals surface area (Å²) in [7, 11) is -2.10. The number of halogens is 5. The molecule has 9 nitrogen and oxygen atoms in total. The highest BCUT2D eigenvalue weighted by molar-refractivity contribution is 7.89. The van der Waals surface area contributed by atoms with Crippen molar-refractivity contribution in [2.75, 3.05) is 30.8 Å². The zero-order chi connectivity index (χ0) is 30.8. The van der Waals surface area contributed by atoms with Crippen LogP contribution in [0.15, 0.2) is 17.1 Å². The molecule has 2 heterocycles. The Labute approximate surface area is 236 Å². The van der Waals surface area contributed by atoms with Crippen LogP contribution in [-0.4, -0.2) is 74.0 Å². The fourth-order valence-electron chi connectivity index (χ4n) is 5.18. The molecule has 2 aliphatic heterocycles. The third kappa shape index (κ3) is 7.53. The average molecular weight is 610 g/mol. The topological polar surface area (TPSA) is 125 Å². The van der Waals surface area contributed by atoms with E-state index >= 15 is 0 Å². The van der Waals surface area contributed by atoms with E-state index in [1.807, 2.05) is 13.8 Å². The number of amidine groups is 1. The molecular formula is C26H36F5N5O4S. The predicted octanol–water partition coefficient (Wildman–Crippen LogP) is 4.20. The first-order chi connectivity index (χ1) is 18.9. The predicted molar refractivity (Wildman–Crippen MR) is 145 cm³/mol. The third-order valence-electron chi connectivity index (χ3n) is 7.80. The zero-order valence-electron chi connectivity index (χ0n) is 23.3. The van der Waals surface area contributed by atoms with Crippen molar-refractivity contribution in [3.8, 4) is 0 Å². The number of piperidine rings is 1. The molecule has 1 aromatic carbocycles. The van der Waals surface area contributed by atoms with Crippen LogP contribution >= 0.6 is 0 Å². The lowest BCUT2D eigenvalue weighted by molar-refractivity contribution is -0.284. The Bertz CT molecular complexity index is 1270. The molecule has 15 heteroatoms. The number of nitrogens with one attached hydrogen (secondary N) is 1. The maximum Gasteiger partial charge on any atom is 0.453 e. The first-order valence-corrected chi connectivity index (χ1v) is 15.0. The normalized spacial score (nSPS) is 18.0. The van der Waals surface area contributed by atoms with Gasteiger partial charge in [-0.3, -0.25) is 14.7 Å². The molecule has 0 unspecified atom stereocenters. The minimum atomic E-state index is -5.57. The number of urea groups is 1. The standard InChI is InChI=1S/C26H36F5N5O4S/c1-17-15-19(35(3)23(32)38)16-18(2)20(17)8-14-41(39,40)36-12-10-24(11-13-36)22(37)33-21(34-24)7-5-4-6-9-25(27,28)26(29,30)31/h15-16H,4-14H2,1-3H3,(H2,32,38)(H,33,34,37). The number of rotatable bonds is 11. The van der Waals surface area contributed by atoms with Crippen molar-refractivity contribution in [2.45, 2.75) is 82.9 Å². The number of sulfonamides is 1. The molecule has 41 heavy (non-hydrogen) atoms. The Morgan fingerprint density at radius 2 is 1.66 bits per heavy atom. The van der Waals surface area contributed by atoms with Crippen LogP contribution in [0.25, 0.3) is 0 Å². The summed E-state index contributed by atoms with van der Waals surface area (Å²) in [5, 5.41) is 2.66. The number of benzene rings is 1. The van der Waals surface area contributed by atoms with Gasteiger partial charge in [-0.1, -0.05) is 6.42 Å². The van der Waals surface area contributed by atoms with E-state index in [-0.39, 0.29) is 69.7 Å². The Morgan fingerprint density at radius 1 is 1.07 bits per heavy atom. The van der Waals surface area contributed by atoms with Crippen LogP contribution in [0.4, 0.5) is 32.4 Å². The van der Waals surface area contributed by atoms with E-state index < -0.39 is 40.1 Å². The molecule has 0 radical (unpaired) electrons. The SMILES string of the molecule is Cc1cc(N(C)C(N)=O)cc(C)c1CCS(=O)(=O)N1CCC2(CC1)N=C(CCCCCC(F)(F)C(F)(F)F)NC2=O. The highest BCUT2D eigenvalue weighted by atomic mass is 32.2. The molecule has 1 saturated heterocycles. The number of hydrogen-bond acceptors (Lipinski definition) is 5. The first-order valence-electron chi connectivity index (χ1n) is 13.3. The summed E-state index contributed by atoms with van der Waals surface area (Å²) < 4.78 is 90.5. The maximum absolute atomic E-state index is 13.1. The van der Waals surface area contributed by atoms with E-state index in [1.54, 1.807) is 19.2 Å². The Hall–Kier alpha value is -2.81. The minimum absolute atomic E-state index is 0.0966. The van der Waals surface area contributed by atoms with Gasteiger partial charge in [-0.25, -0.2) is 17.5 Å². The zero-order valence-corrected chi connectivity index (χ0v) is 24.1. The molecule has 0 saturated carbocycles. The number of carbonyl (C=O) groups excluding carboxylic acids is 2. The second kappa shape index (κ2) is 12.2. The molecule has 0 aliphatic carbocycles. The van der Waals surface area contributed by atoms with Crippen molar-refractivity contribution >= 4 is 33.5 Å². The highest BCUT2D eigenvalue weighted by Crippen LogP contribution is 2.39. The van der Waals surface area contributed by atoms with Gasteiger partial charge in [0.1, 0.15) is 11.4 Å². The molecule has 1 aromatic rings.